The maximum Gasteiger partial charge on any atom is 0.209 e. The number of likely N-dealkylation sites (tertiary alicyclic amines) is 1. The van der Waals surface area contributed by atoms with Crippen LogP contribution >= 0.6 is 0 Å². The second-order valence-corrected chi connectivity index (χ2v) is 3.56. The lowest BCUT2D eigenvalue weighted by molar-refractivity contribution is -0.126. The van der Waals surface area contributed by atoms with Crippen LogP contribution in [0, 0.1) is 0 Å². The van der Waals surface area contributed by atoms with Crippen LogP contribution in [0.3, 0.4) is 0 Å². The summed E-state index contributed by atoms with van der Waals surface area (Å²) in [5, 5.41) is 3.23. The van der Waals surface area contributed by atoms with Crippen molar-refractivity contribution in [1.29, 1.82) is 0 Å². The summed E-state index contributed by atoms with van der Waals surface area (Å²) in [6, 6.07) is 5.84. The molecule has 1 aromatic heterocycles. The minimum absolute atomic E-state index is 0.137. The number of pyridine rings is 1. The van der Waals surface area contributed by atoms with Gasteiger partial charge in [-0.1, -0.05) is 6.07 Å². The molecule has 0 saturated carbocycles. The van der Waals surface area contributed by atoms with Gasteiger partial charge in [0.2, 0.25) is 6.41 Å². The molecular formula is C10H13N3O. The van der Waals surface area contributed by atoms with Gasteiger partial charge in [0.05, 0.1) is 11.2 Å². The number of carbonyl (C=O) groups excluding carboxylic acids is 1. The average Bonchev–Trinajstić information content (AvgIpc) is 2.19. The smallest absolute Gasteiger partial charge is 0.209 e. The van der Waals surface area contributed by atoms with Gasteiger partial charge in [0.1, 0.15) is 0 Å². The molecule has 1 N–H and O–H groups in total. The van der Waals surface area contributed by atoms with Crippen molar-refractivity contribution in [3.63, 3.8) is 0 Å². The molecule has 1 saturated heterocycles. The van der Waals surface area contributed by atoms with Crippen LogP contribution in [0.1, 0.15) is 5.69 Å². The Kier molecular flexibility index (Phi) is 2.21. The minimum Gasteiger partial charge on any atom is -0.341 e. The van der Waals surface area contributed by atoms with E-state index in [0.717, 1.165) is 12.1 Å². The molecule has 0 aliphatic carbocycles. The summed E-state index contributed by atoms with van der Waals surface area (Å²) in [6.07, 6.45) is 2.65. The van der Waals surface area contributed by atoms with E-state index in [4.69, 9.17) is 0 Å². The number of rotatable bonds is 3. The van der Waals surface area contributed by atoms with Gasteiger partial charge in [-0.25, -0.2) is 0 Å². The molecule has 0 atom stereocenters. The van der Waals surface area contributed by atoms with Crippen LogP contribution in [0.2, 0.25) is 0 Å². The zero-order valence-electron chi connectivity index (χ0n) is 8.10. The normalized spacial score (nSPS) is 18.8. The van der Waals surface area contributed by atoms with Gasteiger partial charge >= 0.3 is 0 Å². The number of carbonyl (C=O) groups is 1. The summed E-state index contributed by atoms with van der Waals surface area (Å²) in [5.41, 5.74) is 0.864. The third-order valence-electron chi connectivity index (χ3n) is 2.73. The van der Waals surface area contributed by atoms with Crippen LogP contribution < -0.4 is 5.32 Å². The number of likely N-dealkylation sites (N-methyl/N-ethyl adjacent to an activating group) is 1. The fourth-order valence-electron chi connectivity index (χ4n) is 1.82. The van der Waals surface area contributed by atoms with Crippen molar-refractivity contribution < 1.29 is 4.79 Å². The lowest BCUT2D eigenvalue weighted by Gasteiger charge is -2.47. The standard InChI is InChI=1S/C10H13N3O/c1-11-10(6-13(7-10)8-14)9-4-2-3-5-12-9/h2-5,8,11H,6-7H2,1H3. The van der Waals surface area contributed by atoms with Crippen molar-refractivity contribution in [2.75, 3.05) is 20.1 Å². The van der Waals surface area contributed by atoms with Crippen LogP contribution in [0.5, 0.6) is 0 Å². The van der Waals surface area contributed by atoms with Crippen molar-refractivity contribution in [2.45, 2.75) is 5.54 Å². The topological polar surface area (TPSA) is 45.2 Å². The van der Waals surface area contributed by atoms with Gasteiger partial charge in [-0.15, -0.1) is 0 Å². The van der Waals surface area contributed by atoms with E-state index < -0.39 is 0 Å². The second-order valence-electron chi connectivity index (χ2n) is 3.56. The summed E-state index contributed by atoms with van der Waals surface area (Å²) < 4.78 is 0. The Hall–Kier alpha value is -1.42. The third kappa shape index (κ3) is 1.28. The highest BCUT2D eigenvalue weighted by atomic mass is 16.1. The Morgan fingerprint density at radius 2 is 2.36 bits per heavy atom. The Bertz CT molecular complexity index is 319. The van der Waals surface area contributed by atoms with Crippen LogP contribution in [0.25, 0.3) is 0 Å². The molecule has 1 fully saturated rings. The first-order valence-electron chi connectivity index (χ1n) is 4.60. The quantitative estimate of drug-likeness (QED) is 0.682. The molecular weight excluding hydrogens is 178 g/mol. The Balaban J connectivity index is 2.20. The van der Waals surface area contributed by atoms with Gasteiger partial charge in [-0.3, -0.25) is 9.78 Å². The SMILES string of the molecule is CNC1(c2ccccn2)CN(C=O)C1. The van der Waals surface area contributed by atoms with Gasteiger partial charge in [-0.2, -0.15) is 0 Å². The minimum atomic E-state index is -0.137. The van der Waals surface area contributed by atoms with Gasteiger partial charge in [0.15, 0.2) is 0 Å². The molecule has 74 valence electrons. The van der Waals surface area contributed by atoms with E-state index in [0.29, 0.717) is 13.1 Å². The zero-order chi connectivity index (χ0) is 10.0. The molecule has 2 heterocycles. The molecule has 1 amide bonds. The van der Waals surface area contributed by atoms with Crippen molar-refractivity contribution in [3.8, 4) is 0 Å². The molecule has 1 aliphatic heterocycles. The first kappa shape index (κ1) is 9.15. The Labute approximate surface area is 82.9 Å². The van der Waals surface area contributed by atoms with Crippen molar-refractivity contribution in [3.05, 3.63) is 30.1 Å². The van der Waals surface area contributed by atoms with Crippen LogP contribution in [-0.2, 0) is 10.3 Å². The van der Waals surface area contributed by atoms with E-state index in [1.807, 2.05) is 25.2 Å². The highest BCUT2D eigenvalue weighted by Gasteiger charge is 2.43. The summed E-state index contributed by atoms with van der Waals surface area (Å²) in [6.45, 7) is 1.40. The summed E-state index contributed by atoms with van der Waals surface area (Å²) in [7, 11) is 1.90. The summed E-state index contributed by atoms with van der Waals surface area (Å²) >= 11 is 0. The van der Waals surface area contributed by atoms with Crippen LogP contribution in [-0.4, -0.2) is 36.4 Å². The van der Waals surface area contributed by atoms with E-state index in [2.05, 4.69) is 10.3 Å². The van der Waals surface area contributed by atoms with Gasteiger partial charge in [0, 0.05) is 19.3 Å². The summed E-state index contributed by atoms with van der Waals surface area (Å²) in [4.78, 5) is 16.5. The van der Waals surface area contributed by atoms with Gasteiger partial charge < -0.3 is 10.2 Å². The number of hydrogen-bond acceptors (Lipinski definition) is 3. The lowest BCUT2D eigenvalue weighted by atomic mass is 9.86. The average molecular weight is 191 g/mol. The maximum absolute atomic E-state index is 10.5. The van der Waals surface area contributed by atoms with E-state index >= 15 is 0 Å². The third-order valence-corrected chi connectivity index (χ3v) is 2.73. The molecule has 1 aliphatic rings. The van der Waals surface area contributed by atoms with Crippen molar-refractivity contribution in [2.24, 2.45) is 0 Å². The second kappa shape index (κ2) is 3.38. The predicted octanol–water partition coefficient (Wildman–Crippen LogP) is -0.0317. The first-order chi connectivity index (χ1) is 6.80. The Morgan fingerprint density at radius 3 is 2.86 bits per heavy atom. The maximum atomic E-state index is 10.5. The van der Waals surface area contributed by atoms with E-state index in [-0.39, 0.29) is 5.54 Å². The Morgan fingerprint density at radius 1 is 1.57 bits per heavy atom. The highest BCUT2D eigenvalue weighted by molar-refractivity contribution is 5.51. The van der Waals surface area contributed by atoms with Crippen molar-refractivity contribution in [1.82, 2.24) is 15.2 Å². The molecule has 0 bridgehead atoms. The number of amides is 1. The van der Waals surface area contributed by atoms with Gasteiger partial charge in [-0.05, 0) is 19.2 Å². The number of nitrogens with one attached hydrogen (secondary N) is 1. The number of nitrogens with zero attached hydrogens (tertiary/aromatic N) is 2. The molecule has 14 heavy (non-hydrogen) atoms. The molecule has 0 unspecified atom stereocenters. The highest BCUT2D eigenvalue weighted by Crippen LogP contribution is 2.28. The molecule has 0 aromatic carbocycles. The fraction of sp³-hybridized carbons (Fsp3) is 0.400. The first-order valence-corrected chi connectivity index (χ1v) is 4.60. The number of aromatic nitrogens is 1. The summed E-state index contributed by atoms with van der Waals surface area (Å²) in [5.74, 6) is 0. The van der Waals surface area contributed by atoms with Crippen molar-refractivity contribution >= 4 is 6.41 Å². The molecule has 0 radical (unpaired) electrons. The van der Waals surface area contributed by atoms with Gasteiger partial charge in [0.25, 0.3) is 0 Å². The molecule has 2 rings (SSSR count). The van der Waals surface area contributed by atoms with Crippen LogP contribution in [0.4, 0.5) is 0 Å². The molecule has 0 spiro atoms. The monoisotopic (exact) mass is 191 g/mol. The zero-order valence-corrected chi connectivity index (χ0v) is 8.10. The van der Waals surface area contributed by atoms with E-state index in [1.165, 1.54) is 0 Å². The largest absolute Gasteiger partial charge is 0.341 e. The fourth-order valence-corrected chi connectivity index (χ4v) is 1.82. The molecule has 4 nitrogen and oxygen atoms in total. The van der Waals surface area contributed by atoms with E-state index in [9.17, 15) is 4.79 Å². The number of hydrogen-bond donors (Lipinski definition) is 1. The lowest BCUT2D eigenvalue weighted by Crippen LogP contribution is -2.65. The predicted molar refractivity (Wildman–Crippen MR) is 52.6 cm³/mol. The molecule has 4 heteroatoms. The van der Waals surface area contributed by atoms with E-state index in [1.54, 1.807) is 11.1 Å². The molecule has 1 aromatic rings. The van der Waals surface area contributed by atoms with Crippen LogP contribution in [0.15, 0.2) is 24.4 Å².